The van der Waals surface area contributed by atoms with Crippen LogP contribution in [0.4, 0.5) is 17.6 Å². The maximum absolute atomic E-state index is 12.9. The van der Waals surface area contributed by atoms with Crippen molar-refractivity contribution in [1.29, 1.82) is 0 Å². The van der Waals surface area contributed by atoms with Gasteiger partial charge in [-0.3, -0.25) is 0 Å². The molecule has 0 heterocycles. The summed E-state index contributed by atoms with van der Waals surface area (Å²) in [7, 11) is 0. The van der Waals surface area contributed by atoms with E-state index in [1.165, 1.54) is 12.1 Å². The molecule has 0 aliphatic rings. The molecule has 0 spiro atoms. The molecule has 1 aromatic carbocycles. The van der Waals surface area contributed by atoms with Gasteiger partial charge in [0.25, 0.3) is 0 Å². The van der Waals surface area contributed by atoms with Crippen molar-refractivity contribution < 1.29 is 17.6 Å². The fourth-order valence-electron chi connectivity index (χ4n) is 0.859. The number of rotatable bonds is 1. The maximum atomic E-state index is 12.9. The van der Waals surface area contributed by atoms with Gasteiger partial charge >= 0.3 is 6.18 Å². The predicted octanol–water partition coefficient (Wildman–Crippen LogP) is 4.59. The first-order valence-electron chi connectivity index (χ1n) is 3.48. The zero-order chi connectivity index (χ0) is 10.9. The van der Waals surface area contributed by atoms with Crippen molar-refractivity contribution in [2.75, 3.05) is 0 Å². The number of benzene rings is 1. The Morgan fingerprint density at radius 3 is 2.21 bits per heavy atom. The molecule has 0 saturated heterocycles. The van der Waals surface area contributed by atoms with Crippen LogP contribution in [0.15, 0.2) is 22.7 Å². The third-order valence-electron chi connectivity index (χ3n) is 1.52. The van der Waals surface area contributed by atoms with Crippen molar-refractivity contribution in [1.82, 2.24) is 0 Å². The Morgan fingerprint density at radius 2 is 1.79 bits per heavy atom. The summed E-state index contributed by atoms with van der Waals surface area (Å²) in [5.41, 5.74) is -0.154. The minimum Gasteiger partial charge on any atom is -0.206 e. The Hall–Kier alpha value is -0.100. The third-order valence-corrected chi connectivity index (χ3v) is 3.21. The molecule has 0 N–H and O–H groups in total. The summed E-state index contributed by atoms with van der Waals surface area (Å²) in [6.07, 6.45) is -4.42. The summed E-state index contributed by atoms with van der Waals surface area (Å²) in [6.45, 7) is 0. The van der Waals surface area contributed by atoms with Gasteiger partial charge in [0.15, 0.2) is 0 Å². The summed E-state index contributed by atoms with van der Waals surface area (Å²) in [5.74, 6) is -0.712. The fourth-order valence-corrected chi connectivity index (χ4v) is 1.39. The monoisotopic (exact) mass is 334 g/mol. The van der Waals surface area contributed by atoms with Crippen LogP contribution in [0.25, 0.3) is 0 Å². The average molecular weight is 336 g/mol. The summed E-state index contributed by atoms with van der Waals surface area (Å²) < 4.78 is 49.6. The van der Waals surface area contributed by atoms with Crippen molar-refractivity contribution >= 4 is 31.9 Å². The number of hydrogen-bond donors (Lipinski definition) is 0. The first kappa shape index (κ1) is 12.0. The molecule has 0 aromatic heterocycles. The zero-order valence-electron chi connectivity index (χ0n) is 6.58. The second-order valence-electron chi connectivity index (χ2n) is 2.58. The van der Waals surface area contributed by atoms with Gasteiger partial charge in [0.2, 0.25) is 0 Å². The second kappa shape index (κ2) is 4.18. The van der Waals surface area contributed by atoms with Crippen LogP contribution in [-0.2, 0) is 0 Å². The highest BCUT2D eigenvalue weighted by Gasteiger charge is 2.38. The van der Waals surface area contributed by atoms with Crippen molar-refractivity contribution in [3.63, 3.8) is 0 Å². The molecule has 0 fully saturated rings. The van der Waals surface area contributed by atoms with Crippen LogP contribution < -0.4 is 0 Å². The molecule has 78 valence electrons. The van der Waals surface area contributed by atoms with E-state index in [1.54, 1.807) is 0 Å². The Labute approximate surface area is 94.6 Å². The highest BCUT2D eigenvalue weighted by atomic mass is 79.9. The van der Waals surface area contributed by atoms with Gasteiger partial charge in [-0.25, -0.2) is 4.39 Å². The van der Waals surface area contributed by atoms with Gasteiger partial charge in [-0.1, -0.05) is 22.0 Å². The van der Waals surface area contributed by atoms with Crippen LogP contribution in [0.3, 0.4) is 0 Å². The van der Waals surface area contributed by atoms with Crippen LogP contribution >= 0.6 is 31.9 Å². The lowest BCUT2D eigenvalue weighted by Gasteiger charge is -2.14. The van der Waals surface area contributed by atoms with Gasteiger partial charge in [0, 0.05) is 0 Å². The van der Waals surface area contributed by atoms with Crippen LogP contribution in [0.1, 0.15) is 10.4 Å². The number of alkyl halides is 4. The van der Waals surface area contributed by atoms with Crippen molar-refractivity contribution in [2.24, 2.45) is 0 Å². The van der Waals surface area contributed by atoms with Gasteiger partial charge < -0.3 is 0 Å². The maximum Gasteiger partial charge on any atom is 0.405 e. The van der Waals surface area contributed by atoms with E-state index >= 15 is 0 Å². The molecular formula is C8H4Br2F4. The highest BCUT2D eigenvalue weighted by molar-refractivity contribution is 9.10. The minimum atomic E-state index is -4.42. The molecule has 0 bridgehead atoms. The Balaban J connectivity index is 3.03. The van der Waals surface area contributed by atoms with Gasteiger partial charge in [0.1, 0.15) is 10.6 Å². The zero-order valence-corrected chi connectivity index (χ0v) is 9.75. The van der Waals surface area contributed by atoms with E-state index in [2.05, 4.69) is 31.9 Å². The summed E-state index contributed by atoms with van der Waals surface area (Å²) in [4.78, 5) is -1.84. The molecular weight excluding hydrogens is 332 g/mol. The Kier molecular flexibility index (Phi) is 3.58. The van der Waals surface area contributed by atoms with Crippen LogP contribution in [0, 0.1) is 5.82 Å². The van der Waals surface area contributed by atoms with Crippen molar-refractivity contribution in [3.05, 3.63) is 34.1 Å². The number of halogens is 6. The summed E-state index contributed by atoms with van der Waals surface area (Å²) in [5, 5.41) is 0. The van der Waals surface area contributed by atoms with E-state index in [-0.39, 0.29) is 10.0 Å². The molecule has 1 aromatic rings. The Bertz CT molecular complexity index is 335. The summed E-state index contributed by atoms with van der Waals surface area (Å²) in [6, 6.07) is 3.29. The molecule has 1 unspecified atom stereocenters. The van der Waals surface area contributed by atoms with Crippen molar-refractivity contribution in [2.45, 2.75) is 11.0 Å². The first-order valence-corrected chi connectivity index (χ1v) is 5.19. The lowest BCUT2D eigenvalue weighted by Crippen LogP contribution is -2.15. The molecule has 14 heavy (non-hydrogen) atoms. The number of hydrogen-bond acceptors (Lipinski definition) is 0. The van der Waals surface area contributed by atoms with Crippen LogP contribution in [-0.4, -0.2) is 6.18 Å². The van der Waals surface area contributed by atoms with Gasteiger partial charge in [-0.15, -0.1) is 0 Å². The largest absolute Gasteiger partial charge is 0.405 e. The van der Waals surface area contributed by atoms with E-state index < -0.39 is 16.8 Å². The molecule has 1 rings (SSSR count). The predicted molar refractivity (Wildman–Crippen MR) is 51.8 cm³/mol. The van der Waals surface area contributed by atoms with Crippen LogP contribution in [0.5, 0.6) is 0 Å². The highest BCUT2D eigenvalue weighted by Crippen LogP contribution is 2.40. The Morgan fingerprint density at radius 1 is 1.21 bits per heavy atom. The average Bonchev–Trinajstić information content (AvgIpc) is 2.07. The van der Waals surface area contributed by atoms with E-state index in [0.717, 1.165) is 6.07 Å². The van der Waals surface area contributed by atoms with Gasteiger partial charge in [-0.05, 0) is 33.6 Å². The van der Waals surface area contributed by atoms with E-state index in [4.69, 9.17) is 0 Å². The first-order chi connectivity index (χ1) is 6.32. The quantitative estimate of drug-likeness (QED) is 0.520. The summed E-state index contributed by atoms with van der Waals surface area (Å²) >= 11 is 5.32. The topological polar surface area (TPSA) is 0 Å². The van der Waals surface area contributed by atoms with Crippen molar-refractivity contribution in [3.8, 4) is 0 Å². The smallest absolute Gasteiger partial charge is 0.206 e. The molecule has 0 aliphatic carbocycles. The fraction of sp³-hybridized carbons (Fsp3) is 0.250. The van der Waals surface area contributed by atoms with Gasteiger partial charge in [0.05, 0.1) is 4.47 Å². The van der Waals surface area contributed by atoms with Crippen LogP contribution in [0.2, 0.25) is 0 Å². The molecule has 0 nitrogen and oxygen atoms in total. The second-order valence-corrected chi connectivity index (χ2v) is 4.35. The SMILES string of the molecule is Fc1cc(C(Br)C(F)(F)F)ccc1Br. The molecule has 0 aliphatic heterocycles. The van der Waals surface area contributed by atoms with E-state index in [0.29, 0.717) is 0 Å². The minimum absolute atomic E-state index is 0.142. The van der Waals surface area contributed by atoms with Gasteiger partial charge in [-0.2, -0.15) is 13.2 Å². The lowest BCUT2D eigenvalue weighted by molar-refractivity contribution is -0.128. The molecule has 6 heteroatoms. The molecule has 0 radical (unpaired) electrons. The molecule has 0 amide bonds. The molecule has 1 atom stereocenters. The molecule has 0 saturated carbocycles. The van der Waals surface area contributed by atoms with E-state index in [1.807, 2.05) is 0 Å². The van der Waals surface area contributed by atoms with E-state index in [9.17, 15) is 17.6 Å². The standard InChI is InChI=1S/C8H4Br2F4/c9-5-2-1-4(3-6(5)11)7(10)8(12,13)14/h1-3,7H. The lowest BCUT2D eigenvalue weighted by atomic mass is 10.1. The third kappa shape index (κ3) is 2.70. The normalized spacial score (nSPS) is 14.1.